The van der Waals surface area contributed by atoms with Crippen molar-refractivity contribution in [2.24, 2.45) is 5.92 Å². The van der Waals surface area contributed by atoms with E-state index in [1.807, 2.05) is 18.7 Å². The van der Waals surface area contributed by atoms with Gasteiger partial charge >= 0.3 is 6.09 Å². The molecule has 2 saturated heterocycles. The van der Waals surface area contributed by atoms with Crippen molar-refractivity contribution in [1.82, 2.24) is 15.1 Å². The van der Waals surface area contributed by atoms with Gasteiger partial charge in [-0.25, -0.2) is 4.79 Å². The molecule has 0 atom stereocenters. The summed E-state index contributed by atoms with van der Waals surface area (Å²) in [5.41, 5.74) is 0. The molecule has 6 nitrogen and oxygen atoms in total. The van der Waals surface area contributed by atoms with Crippen LogP contribution in [0.3, 0.4) is 0 Å². The molecule has 2 aliphatic heterocycles. The lowest BCUT2D eigenvalue weighted by molar-refractivity contribution is -0.133. The number of likely N-dealkylation sites (tertiary alicyclic amines) is 1. The number of hydrogen-bond donors (Lipinski definition) is 1. The second-order valence-corrected chi connectivity index (χ2v) is 6.20. The molecule has 1 N–H and O–H groups in total. The van der Waals surface area contributed by atoms with E-state index in [9.17, 15) is 9.59 Å². The Hall–Kier alpha value is -1.30. The van der Waals surface area contributed by atoms with E-state index in [-0.39, 0.29) is 18.1 Å². The van der Waals surface area contributed by atoms with Gasteiger partial charge < -0.3 is 19.9 Å². The first-order valence-electron chi connectivity index (χ1n) is 8.00. The predicted molar refractivity (Wildman–Crippen MR) is 80.0 cm³/mol. The molecule has 120 valence electrons. The van der Waals surface area contributed by atoms with Crippen LogP contribution in [0.4, 0.5) is 4.79 Å². The van der Waals surface area contributed by atoms with Crippen LogP contribution in [0, 0.1) is 5.92 Å². The van der Waals surface area contributed by atoms with Crippen LogP contribution in [0.2, 0.25) is 0 Å². The van der Waals surface area contributed by atoms with Gasteiger partial charge in [0, 0.05) is 45.7 Å². The molecule has 0 aliphatic carbocycles. The third-order valence-corrected chi connectivity index (χ3v) is 4.14. The average molecular weight is 297 g/mol. The number of piperidine rings is 1. The van der Waals surface area contributed by atoms with Gasteiger partial charge in [-0.3, -0.25) is 4.79 Å². The third kappa shape index (κ3) is 4.88. The molecule has 0 aromatic heterocycles. The van der Waals surface area contributed by atoms with Gasteiger partial charge in [0.25, 0.3) is 0 Å². The van der Waals surface area contributed by atoms with Crippen molar-refractivity contribution in [3.05, 3.63) is 0 Å². The number of nitrogens with zero attached hydrogens (tertiary/aromatic N) is 2. The van der Waals surface area contributed by atoms with Gasteiger partial charge in [-0.1, -0.05) is 0 Å². The lowest BCUT2D eigenvalue weighted by atomic mass is 9.93. The van der Waals surface area contributed by atoms with E-state index in [2.05, 4.69) is 5.32 Å². The molecule has 2 heterocycles. The summed E-state index contributed by atoms with van der Waals surface area (Å²) < 4.78 is 5.21. The van der Waals surface area contributed by atoms with Crippen molar-refractivity contribution in [2.75, 3.05) is 39.3 Å². The topological polar surface area (TPSA) is 61.9 Å². The molecule has 0 saturated carbocycles. The molecule has 0 spiro atoms. The lowest BCUT2D eigenvalue weighted by Gasteiger charge is -2.33. The normalized spacial score (nSPS) is 20.7. The number of piperazine rings is 1. The minimum Gasteiger partial charge on any atom is -0.447 e. The molecular formula is C15H27N3O3. The Labute approximate surface area is 126 Å². The van der Waals surface area contributed by atoms with Gasteiger partial charge in [-0.2, -0.15) is 0 Å². The first-order chi connectivity index (χ1) is 10.1. The zero-order valence-corrected chi connectivity index (χ0v) is 13.1. The highest BCUT2D eigenvalue weighted by atomic mass is 16.6. The van der Waals surface area contributed by atoms with Gasteiger partial charge in [0.15, 0.2) is 0 Å². The zero-order valence-electron chi connectivity index (χ0n) is 13.1. The van der Waals surface area contributed by atoms with Crippen molar-refractivity contribution in [3.8, 4) is 0 Å². The summed E-state index contributed by atoms with van der Waals surface area (Å²) >= 11 is 0. The van der Waals surface area contributed by atoms with E-state index in [0.717, 1.165) is 39.0 Å². The van der Waals surface area contributed by atoms with E-state index >= 15 is 0 Å². The van der Waals surface area contributed by atoms with Crippen LogP contribution in [-0.4, -0.2) is 67.2 Å². The molecule has 2 aliphatic rings. The summed E-state index contributed by atoms with van der Waals surface area (Å²) in [6.07, 6.45) is 2.10. The fraction of sp³-hybridized carbons (Fsp3) is 0.867. The SMILES string of the molecule is CC(C)OC(=O)N1CCC(CC(=O)N2CCNCC2)CC1. The van der Waals surface area contributed by atoms with Gasteiger partial charge in [0.1, 0.15) is 0 Å². The van der Waals surface area contributed by atoms with Crippen LogP contribution in [0.25, 0.3) is 0 Å². The lowest BCUT2D eigenvalue weighted by Crippen LogP contribution is -2.47. The van der Waals surface area contributed by atoms with E-state index in [1.165, 1.54) is 0 Å². The maximum atomic E-state index is 12.2. The van der Waals surface area contributed by atoms with Crippen LogP contribution in [0.5, 0.6) is 0 Å². The summed E-state index contributed by atoms with van der Waals surface area (Å²) in [5.74, 6) is 0.662. The maximum absolute atomic E-state index is 12.2. The molecule has 2 fully saturated rings. The van der Waals surface area contributed by atoms with Crippen molar-refractivity contribution < 1.29 is 14.3 Å². The molecule has 0 bridgehead atoms. The Bertz CT molecular complexity index is 359. The standard InChI is InChI=1S/C15H27N3O3/c1-12(2)21-15(20)18-7-3-13(4-8-18)11-14(19)17-9-5-16-6-10-17/h12-13,16H,3-11H2,1-2H3. The van der Waals surface area contributed by atoms with Crippen LogP contribution >= 0.6 is 0 Å². The summed E-state index contributed by atoms with van der Waals surface area (Å²) in [7, 11) is 0. The molecule has 0 unspecified atom stereocenters. The van der Waals surface area contributed by atoms with Crippen molar-refractivity contribution in [1.29, 1.82) is 0 Å². The predicted octanol–water partition coefficient (Wildman–Crippen LogP) is 1.07. The summed E-state index contributed by atoms with van der Waals surface area (Å²) in [5, 5.41) is 3.26. The molecule has 0 radical (unpaired) electrons. The number of ether oxygens (including phenoxy) is 1. The largest absolute Gasteiger partial charge is 0.447 e. The average Bonchev–Trinajstić information content (AvgIpc) is 2.48. The van der Waals surface area contributed by atoms with Crippen LogP contribution in [0.15, 0.2) is 0 Å². The first kappa shape index (κ1) is 16.1. The van der Waals surface area contributed by atoms with E-state index < -0.39 is 0 Å². The van der Waals surface area contributed by atoms with E-state index in [4.69, 9.17) is 4.74 Å². The minimum absolute atomic E-state index is 0.0792. The molecule has 21 heavy (non-hydrogen) atoms. The number of nitrogens with one attached hydrogen (secondary N) is 1. The number of rotatable bonds is 3. The molecular weight excluding hydrogens is 270 g/mol. The second-order valence-electron chi connectivity index (χ2n) is 6.20. The maximum Gasteiger partial charge on any atom is 0.410 e. The van der Waals surface area contributed by atoms with Crippen molar-refractivity contribution in [3.63, 3.8) is 0 Å². The van der Waals surface area contributed by atoms with Crippen LogP contribution in [0.1, 0.15) is 33.1 Å². The van der Waals surface area contributed by atoms with E-state index in [0.29, 0.717) is 25.4 Å². The Morgan fingerprint density at radius 1 is 1.10 bits per heavy atom. The minimum atomic E-state index is -0.225. The van der Waals surface area contributed by atoms with Crippen molar-refractivity contribution >= 4 is 12.0 Å². The first-order valence-corrected chi connectivity index (χ1v) is 8.00. The number of carbonyl (C=O) groups excluding carboxylic acids is 2. The van der Waals surface area contributed by atoms with Crippen LogP contribution in [-0.2, 0) is 9.53 Å². The molecule has 2 rings (SSSR count). The van der Waals surface area contributed by atoms with Crippen molar-refractivity contribution in [2.45, 2.75) is 39.2 Å². The number of hydrogen-bond acceptors (Lipinski definition) is 4. The van der Waals surface area contributed by atoms with Crippen LogP contribution < -0.4 is 5.32 Å². The Morgan fingerprint density at radius 3 is 2.29 bits per heavy atom. The second kappa shape index (κ2) is 7.64. The summed E-state index contributed by atoms with van der Waals surface area (Å²) in [6.45, 7) is 8.54. The highest BCUT2D eigenvalue weighted by Gasteiger charge is 2.27. The smallest absolute Gasteiger partial charge is 0.410 e. The monoisotopic (exact) mass is 297 g/mol. The highest BCUT2D eigenvalue weighted by molar-refractivity contribution is 5.76. The fourth-order valence-electron chi connectivity index (χ4n) is 2.89. The number of amides is 2. The zero-order chi connectivity index (χ0) is 15.2. The van der Waals surface area contributed by atoms with Gasteiger partial charge in [-0.05, 0) is 32.6 Å². The summed E-state index contributed by atoms with van der Waals surface area (Å²) in [6, 6.07) is 0. The highest BCUT2D eigenvalue weighted by Crippen LogP contribution is 2.22. The Kier molecular flexibility index (Phi) is 5.85. The van der Waals surface area contributed by atoms with Gasteiger partial charge in [0.2, 0.25) is 5.91 Å². The fourth-order valence-corrected chi connectivity index (χ4v) is 2.89. The third-order valence-electron chi connectivity index (χ3n) is 4.14. The van der Waals surface area contributed by atoms with Gasteiger partial charge in [-0.15, -0.1) is 0 Å². The molecule has 0 aromatic carbocycles. The Balaban J connectivity index is 1.71. The quantitative estimate of drug-likeness (QED) is 0.846. The summed E-state index contributed by atoms with van der Waals surface area (Å²) in [4.78, 5) is 27.7. The van der Waals surface area contributed by atoms with E-state index in [1.54, 1.807) is 4.90 Å². The Morgan fingerprint density at radius 2 is 1.71 bits per heavy atom. The van der Waals surface area contributed by atoms with Gasteiger partial charge in [0.05, 0.1) is 6.10 Å². The molecule has 2 amide bonds. The molecule has 0 aromatic rings. The number of carbonyl (C=O) groups is 2. The molecule has 6 heteroatoms.